The van der Waals surface area contributed by atoms with Gasteiger partial charge in [0.05, 0.1) is 0 Å². The van der Waals surface area contributed by atoms with E-state index in [9.17, 15) is 45.5 Å². The quantitative estimate of drug-likeness (QED) is 0.102. The summed E-state index contributed by atoms with van der Waals surface area (Å²) in [6.07, 6.45) is -2.95. The fourth-order valence-corrected chi connectivity index (χ4v) is 7.56. The molecule has 46 heavy (non-hydrogen) atoms. The van der Waals surface area contributed by atoms with Crippen molar-refractivity contribution in [2.45, 2.75) is 94.1 Å². The van der Waals surface area contributed by atoms with Crippen molar-refractivity contribution >= 4 is 11.2 Å². The number of benzene rings is 3. The average molecular weight is 673 g/mol. The van der Waals surface area contributed by atoms with Gasteiger partial charge in [-0.1, -0.05) is 67.0 Å². The van der Waals surface area contributed by atoms with Crippen molar-refractivity contribution < 1.29 is 45.5 Å². The van der Waals surface area contributed by atoms with Gasteiger partial charge in [0, 0.05) is 12.8 Å². The Morgan fingerprint density at radius 3 is 2.02 bits per heavy atom. The molecule has 2 N–H and O–H groups in total. The van der Waals surface area contributed by atoms with Crippen LogP contribution < -0.4 is 0 Å². The summed E-state index contributed by atoms with van der Waals surface area (Å²) in [6.45, 7) is 2.27. The van der Waals surface area contributed by atoms with Crippen molar-refractivity contribution in [1.82, 2.24) is 0 Å². The molecule has 11 heteroatoms. The Kier molecular flexibility index (Phi) is 11.3. The average Bonchev–Trinajstić information content (AvgIpc) is 2.99. The van der Waals surface area contributed by atoms with Gasteiger partial charge in [-0.05, 0) is 102 Å². The monoisotopic (exact) mass is 672 g/mol. The minimum Gasteiger partial charge on any atom is -0.616 e. The Labute approximate surface area is 268 Å². The standard InChI is InChI=1S/C35H39F7O3S/c1-32(27-11-13-28(43)14-12-27)20-17-26-23-29(44)15-16-30(26)31(32)6-3-2-5-24-7-9-25(10-8-24)18-22-46(45)21-4-19-33(36,37)34(38,39)35(40,41)42/h7-16,23,31,43-44H,2-6,17-22H2,1H3. The predicted molar refractivity (Wildman–Crippen MR) is 165 cm³/mol. The van der Waals surface area contributed by atoms with Crippen LogP contribution in [0, 0.1) is 0 Å². The molecule has 1 aliphatic carbocycles. The van der Waals surface area contributed by atoms with E-state index in [0.717, 1.165) is 49.7 Å². The number of alkyl halides is 7. The number of hydrogen-bond donors (Lipinski definition) is 2. The van der Waals surface area contributed by atoms with Gasteiger partial charge in [0.1, 0.15) is 23.0 Å². The van der Waals surface area contributed by atoms with E-state index in [0.29, 0.717) is 6.42 Å². The van der Waals surface area contributed by atoms with Crippen LogP contribution in [0.4, 0.5) is 30.7 Å². The van der Waals surface area contributed by atoms with E-state index in [1.807, 2.05) is 48.5 Å². The number of aryl methyl sites for hydroxylation is 3. The molecule has 0 saturated carbocycles. The molecule has 0 spiro atoms. The molecule has 3 aromatic carbocycles. The number of phenolic OH excluding ortho intramolecular Hbond substituents is 2. The van der Waals surface area contributed by atoms with Crippen LogP contribution >= 0.6 is 0 Å². The summed E-state index contributed by atoms with van der Waals surface area (Å²) in [6, 6.07) is 20.8. The lowest BCUT2D eigenvalue weighted by Crippen LogP contribution is -2.51. The maximum Gasteiger partial charge on any atom is 0.459 e. The first-order chi connectivity index (χ1) is 21.5. The Balaban J connectivity index is 1.26. The lowest BCUT2D eigenvalue weighted by molar-refractivity contribution is -0.355. The topological polar surface area (TPSA) is 63.5 Å². The molecule has 0 saturated heterocycles. The highest BCUT2D eigenvalue weighted by molar-refractivity contribution is 7.91. The van der Waals surface area contributed by atoms with Gasteiger partial charge in [-0.25, -0.2) is 0 Å². The first-order valence-electron chi connectivity index (χ1n) is 15.4. The second-order valence-corrected chi connectivity index (χ2v) is 14.1. The SMILES string of the molecule is CC1(c2ccc(O)cc2)CCc2cc(O)ccc2C1CCCCc1ccc(CC[S+]([O-])CCCC(F)(F)C(F)(F)C(F)(F)F)cc1. The largest absolute Gasteiger partial charge is 0.616 e. The Hall–Kier alpha value is -2.92. The number of rotatable bonds is 14. The summed E-state index contributed by atoms with van der Waals surface area (Å²) >= 11 is -1.64. The molecule has 3 atom stereocenters. The molecule has 252 valence electrons. The second-order valence-electron chi connectivity index (χ2n) is 12.4. The first kappa shape index (κ1) is 35.9. The molecule has 4 rings (SSSR count). The molecule has 3 unspecified atom stereocenters. The van der Waals surface area contributed by atoms with Gasteiger partial charge in [0.25, 0.3) is 0 Å². The van der Waals surface area contributed by atoms with Gasteiger partial charge in [0.15, 0.2) is 0 Å². The fourth-order valence-electron chi connectivity index (χ4n) is 6.43. The van der Waals surface area contributed by atoms with Crippen molar-refractivity contribution in [1.29, 1.82) is 0 Å². The fraction of sp³-hybridized carbons (Fsp3) is 0.486. The van der Waals surface area contributed by atoms with E-state index in [2.05, 4.69) is 6.92 Å². The summed E-state index contributed by atoms with van der Waals surface area (Å²) in [5.41, 5.74) is 5.43. The zero-order valence-electron chi connectivity index (χ0n) is 25.6. The number of hydrogen-bond acceptors (Lipinski definition) is 3. The summed E-state index contributed by atoms with van der Waals surface area (Å²) in [7, 11) is 0. The normalized spacial score (nSPS) is 19.5. The van der Waals surface area contributed by atoms with Gasteiger partial charge in [0.2, 0.25) is 0 Å². The number of aromatic hydroxyl groups is 2. The second kappa shape index (κ2) is 14.5. The molecule has 1 aliphatic rings. The number of halogens is 7. The van der Waals surface area contributed by atoms with Crippen molar-refractivity contribution in [2.24, 2.45) is 0 Å². The lowest BCUT2D eigenvalue weighted by Gasteiger charge is -2.43. The van der Waals surface area contributed by atoms with E-state index < -0.39 is 42.0 Å². The molecule has 3 aromatic rings. The van der Waals surface area contributed by atoms with Crippen LogP contribution in [0.25, 0.3) is 0 Å². The van der Waals surface area contributed by atoms with Crippen molar-refractivity contribution in [3.8, 4) is 11.5 Å². The van der Waals surface area contributed by atoms with Crippen molar-refractivity contribution in [2.75, 3.05) is 11.5 Å². The van der Waals surface area contributed by atoms with Crippen LogP contribution in [-0.4, -0.2) is 44.3 Å². The van der Waals surface area contributed by atoms with E-state index in [-0.39, 0.29) is 34.3 Å². The molecule has 0 radical (unpaired) electrons. The van der Waals surface area contributed by atoms with E-state index in [1.165, 1.54) is 16.7 Å². The predicted octanol–water partition coefficient (Wildman–Crippen LogP) is 9.40. The minimum absolute atomic E-state index is 0.0843. The summed E-state index contributed by atoms with van der Waals surface area (Å²) in [4.78, 5) is 0. The molecular weight excluding hydrogens is 633 g/mol. The van der Waals surface area contributed by atoms with E-state index in [1.54, 1.807) is 18.2 Å². The molecule has 0 heterocycles. The molecule has 0 amide bonds. The summed E-state index contributed by atoms with van der Waals surface area (Å²) < 4.78 is 102. The van der Waals surface area contributed by atoms with Gasteiger partial charge < -0.3 is 14.8 Å². The van der Waals surface area contributed by atoms with Gasteiger partial charge >= 0.3 is 18.0 Å². The van der Waals surface area contributed by atoms with Crippen LogP contribution in [0.1, 0.15) is 79.2 Å². The van der Waals surface area contributed by atoms with Gasteiger partial charge in [-0.15, -0.1) is 0 Å². The maximum absolute atomic E-state index is 13.4. The lowest BCUT2D eigenvalue weighted by atomic mass is 9.60. The molecule has 0 aromatic heterocycles. The van der Waals surface area contributed by atoms with Crippen LogP contribution in [0.5, 0.6) is 11.5 Å². The molecular formula is C35H39F7O3S. The van der Waals surface area contributed by atoms with Crippen LogP contribution in [0.15, 0.2) is 66.7 Å². The van der Waals surface area contributed by atoms with Crippen LogP contribution in [0.2, 0.25) is 0 Å². The molecule has 0 aliphatic heterocycles. The molecule has 3 nitrogen and oxygen atoms in total. The highest BCUT2D eigenvalue weighted by atomic mass is 32.2. The Morgan fingerprint density at radius 1 is 0.783 bits per heavy atom. The third kappa shape index (κ3) is 8.32. The number of phenols is 2. The third-order valence-corrected chi connectivity index (χ3v) is 10.6. The third-order valence-electron chi connectivity index (χ3n) is 9.24. The number of fused-ring (bicyclic) bond motifs is 1. The van der Waals surface area contributed by atoms with E-state index in [4.69, 9.17) is 0 Å². The van der Waals surface area contributed by atoms with Gasteiger partial charge in [-0.3, -0.25) is 0 Å². The maximum atomic E-state index is 13.4. The first-order valence-corrected chi connectivity index (χ1v) is 16.9. The number of unbranched alkanes of at least 4 members (excludes halogenated alkanes) is 1. The minimum atomic E-state index is -6.36. The molecule has 0 fully saturated rings. The van der Waals surface area contributed by atoms with Gasteiger partial charge in [-0.2, -0.15) is 30.7 Å². The Morgan fingerprint density at radius 2 is 1.39 bits per heavy atom. The van der Waals surface area contributed by atoms with Crippen LogP contribution in [0.3, 0.4) is 0 Å². The Bertz CT molecular complexity index is 1430. The zero-order chi connectivity index (χ0) is 33.8. The van der Waals surface area contributed by atoms with Crippen molar-refractivity contribution in [3.05, 3.63) is 94.5 Å². The summed E-state index contributed by atoms with van der Waals surface area (Å²) in [5.74, 6) is -11.0. The molecule has 0 bridgehead atoms. The van der Waals surface area contributed by atoms with Crippen LogP contribution in [-0.2, 0) is 35.9 Å². The smallest absolute Gasteiger partial charge is 0.459 e. The summed E-state index contributed by atoms with van der Waals surface area (Å²) in [5, 5.41) is 19.9. The highest BCUT2D eigenvalue weighted by Gasteiger charge is 2.72. The van der Waals surface area contributed by atoms with E-state index >= 15 is 0 Å². The van der Waals surface area contributed by atoms with Crippen molar-refractivity contribution in [3.63, 3.8) is 0 Å². The zero-order valence-corrected chi connectivity index (χ0v) is 26.4. The highest BCUT2D eigenvalue weighted by Crippen LogP contribution is 2.51.